The van der Waals surface area contributed by atoms with Gasteiger partial charge in [-0.25, -0.2) is 15.0 Å². The zero-order chi connectivity index (χ0) is 23.2. The lowest BCUT2D eigenvalue weighted by Crippen LogP contribution is -2.34. The number of hydrogen-bond acceptors (Lipinski definition) is 8. The van der Waals surface area contributed by atoms with E-state index in [1.807, 2.05) is 0 Å². The van der Waals surface area contributed by atoms with E-state index in [1.54, 1.807) is 10.9 Å². The van der Waals surface area contributed by atoms with E-state index in [1.165, 1.54) is 35.7 Å². The second-order valence-corrected chi connectivity index (χ2v) is 8.59. The third-order valence-corrected chi connectivity index (χ3v) is 6.83. The number of aliphatic hydroxyl groups is 2. The molecule has 1 aliphatic carbocycles. The molecule has 6 rings (SSSR count). The van der Waals surface area contributed by atoms with Gasteiger partial charge in [0.2, 0.25) is 0 Å². The summed E-state index contributed by atoms with van der Waals surface area (Å²) < 4.78 is 13.0. The van der Waals surface area contributed by atoms with Crippen LogP contribution in [0, 0.1) is 0 Å². The first-order valence-corrected chi connectivity index (χ1v) is 11.3. The van der Waals surface area contributed by atoms with Crippen molar-refractivity contribution in [3.8, 4) is 11.1 Å². The first kappa shape index (κ1) is 21.2. The van der Waals surface area contributed by atoms with Crippen molar-refractivity contribution in [2.45, 2.75) is 30.5 Å². The van der Waals surface area contributed by atoms with Crippen molar-refractivity contribution in [3.05, 3.63) is 72.3 Å². The van der Waals surface area contributed by atoms with Crippen molar-refractivity contribution in [2.75, 3.05) is 25.6 Å². The summed E-state index contributed by atoms with van der Waals surface area (Å²) >= 11 is 0. The lowest BCUT2D eigenvalue weighted by atomic mass is 9.97. The molecule has 4 aromatic rings. The Morgan fingerprint density at radius 3 is 2.41 bits per heavy atom. The number of benzene rings is 2. The number of nitrogens with one attached hydrogen (secondary N) is 1. The van der Waals surface area contributed by atoms with Crippen LogP contribution in [0.2, 0.25) is 0 Å². The molecule has 9 heteroatoms. The minimum atomic E-state index is -0.959. The molecule has 3 heterocycles. The number of hydrogen-bond donors (Lipinski definition) is 3. The predicted molar refractivity (Wildman–Crippen MR) is 125 cm³/mol. The van der Waals surface area contributed by atoms with Crippen molar-refractivity contribution in [1.29, 1.82) is 0 Å². The zero-order valence-corrected chi connectivity index (χ0v) is 18.6. The van der Waals surface area contributed by atoms with Crippen LogP contribution < -0.4 is 5.32 Å². The number of aliphatic hydroxyl groups excluding tert-OH is 2. The van der Waals surface area contributed by atoms with Crippen LogP contribution >= 0.6 is 0 Å². The maximum absolute atomic E-state index is 10.4. The Hall–Kier alpha value is -3.37. The van der Waals surface area contributed by atoms with Gasteiger partial charge in [0.05, 0.1) is 12.9 Å². The number of rotatable bonds is 6. The first-order chi connectivity index (χ1) is 16.7. The summed E-state index contributed by atoms with van der Waals surface area (Å²) in [4.78, 5) is 13.4. The number of imidazole rings is 1. The van der Waals surface area contributed by atoms with Gasteiger partial charge in [-0.15, -0.1) is 0 Å². The number of aromatic nitrogens is 4. The van der Waals surface area contributed by atoms with Crippen LogP contribution in [0.25, 0.3) is 22.3 Å². The molecule has 2 aliphatic rings. The van der Waals surface area contributed by atoms with Gasteiger partial charge in [0.25, 0.3) is 0 Å². The summed E-state index contributed by atoms with van der Waals surface area (Å²) in [5.41, 5.74) is 6.27. The minimum Gasteiger partial charge on any atom is -0.394 e. The molecule has 0 radical (unpaired) electrons. The predicted octanol–water partition coefficient (Wildman–Crippen LogP) is 2.32. The average Bonchev–Trinajstić information content (AvgIpc) is 3.54. The summed E-state index contributed by atoms with van der Waals surface area (Å²) in [7, 11) is 1.50. The molecule has 4 atom stereocenters. The van der Waals surface area contributed by atoms with Gasteiger partial charge in [-0.1, -0.05) is 48.5 Å². The van der Waals surface area contributed by atoms with Crippen LogP contribution in [0.15, 0.2) is 61.2 Å². The normalized spacial score (nSPS) is 23.9. The first-order valence-electron chi connectivity index (χ1n) is 11.3. The largest absolute Gasteiger partial charge is 0.394 e. The Morgan fingerprint density at radius 2 is 1.74 bits per heavy atom. The standard InChI is InChI=1S/C25H25N5O4/c1-33-22-21(32)19(11-31)34-25(22)30-13-29-20-23(27-12-28-24(20)30)26-10-18-16-8-4-2-6-14(16)15-7-3-5-9-17(15)18/h2-9,12-13,18-19,21-22,25,31-32H,10-11H2,1H3,(H,26,27,28)/t19-,21?,22?,25-/m1/s1. The molecule has 1 saturated heterocycles. The Kier molecular flexibility index (Phi) is 5.26. The van der Waals surface area contributed by atoms with Crippen LogP contribution in [0.1, 0.15) is 23.3 Å². The SMILES string of the molecule is COC1C(O)[C@@H](CO)O[C@H]1n1cnc2c(NCC3c4ccccc4-c4ccccc43)ncnc21. The van der Waals surface area contributed by atoms with E-state index in [-0.39, 0.29) is 12.5 Å². The molecule has 2 aromatic carbocycles. The molecule has 0 amide bonds. The van der Waals surface area contributed by atoms with Gasteiger partial charge in [0.15, 0.2) is 23.2 Å². The molecule has 34 heavy (non-hydrogen) atoms. The second kappa shape index (κ2) is 8.44. The molecule has 1 fully saturated rings. The van der Waals surface area contributed by atoms with E-state index >= 15 is 0 Å². The van der Waals surface area contributed by atoms with Gasteiger partial charge in [-0.2, -0.15) is 0 Å². The van der Waals surface area contributed by atoms with Crippen LogP contribution in [-0.4, -0.2) is 68.3 Å². The fourth-order valence-electron chi connectivity index (χ4n) is 5.19. The van der Waals surface area contributed by atoms with Crippen molar-refractivity contribution in [3.63, 3.8) is 0 Å². The van der Waals surface area contributed by atoms with Crippen LogP contribution in [0.3, 0.4) is 0 Å². The lowest BCUT2D eigenvalue weighted by Gasteiger charge is -2.20. The van der Waals surface area contributed by atoms with Crippen molar-refractivity contribution in [1.82, 2.24) is 19.5 Å². The summed E-state index contributed by atoms with van der Waals surface area (Å²) in [6.07, 6.45) is 0.0591. The third-order valence-electron chi connectivity index (χ3n) is 6.83. The van der Waals surface area contributed by atoms with Crippen LogP contribution in [0.5, 0.6) is 0 Å². The fraction of sp³-hybridized carbons (Fsp3) is 0.320. The summed E-state index contributed by atoms with van der Waals surface area (Å²) in [6.45, 7) is 0.342. The molecule has 9 nitrogen and oxygen atoms in total. The average molecular weight is 460 g/mol. The smallest absolute Gasteiger partial charge is 0.167 e. The highest BCUT2D eigenvalue weighted by molar-refractivity contribution is 5.83. The molecule has 0 spiro atoms. The van der Waals surface area contributed by atoms with E-state index in [2.05, 4.69) is 68.8 Å². The number of anilines is 1. The van der Waals surface area contributed by atoms with E-state index in [0.29, 0.717) is 23.5 Å². The van der Waals surface area contributed by atoms with E-state index in [9.17, 15) is 10.2 Å². The van der Waals surface area contributed by atoms with E-state index in [4.69, 9.17) is 9.47 Å². The second-order valence-electron chi connectivity index (χ2n) is 8.59. The highest BCUT2D eigenvalue weighted by Gasteiger charge is 2.45. The molecule has 0 bridgehead atoms. The van der Waals surface area contributed by atoms with E-state index in [0.717, 1.165) is 0 Å². The van der Waals surface area contributed by atoms with Gasteiger partial charge in [0.1, 0.15) is 24.6 Å². The molecule has 174 valence electrons. The maximum Gasteiger partial charge on any atom is 0.167 e. The minimum absolute atomic E-state index is 0.191. The van der Waals surface area contributed by atoms with Crippen LogP contribution in [0.4, 0.5) is 5.82 Å². The van der Waals surface area contributed by atoms with Gasteiger partial charge >= 0.3 is 0 Å². The summed E-state index contributed by atoms with van der Waals surface area (Å²) in [5.74, 6) is 0.813. The van der Waals surface area contributed by atoms with E-state index < -0.39 is 24.5 Å². The monoisotopic (exact) mass is 459 g/mol. The van der Waals surface area contributed by atoms with Crippen molar-refractivity contribution in [2.24, 2.45) is 0 Å². The van der Waals surface area contributed by atoms with Crippen molar-refractivity contribution >= 4 is 17.0 Å². The molecular weight excluding hydrogens is 434 g/mol. The summed E-state index contributed by atoms with van der Waals surface area (Å²) in [6, 6.07) is 17.0. The number of ether oxygens (including phenoxy) is 2. The molecule has 2 aromatic heterocycles. The fourth-order valence-corrected chi connectivity index (χ4v) is 5.19. The molecule has 2 unspecified atom stereocenters. The summed E-state index contributed by atoms with van der Waals surface area (Å²) in [5, 5.41) is 23.4. The number of methoxy groups -OCH3 is 1. The zero-order valence-electron chi connectivity index (χ0n) is 18.6. The van der Waals surface area contributed by atoms with Crippen molar-refractivity contribution < 1.29 is 19.7 Å². The Balaban J connectivity index is 1.30. The highest BCUT2D eigenvalue weighted by Crippen LogP contribution is 2.44. The molecule has 1 aliphatic heterocycles. The topological polar surface area (TPSA) is 115 Å². The van der Waals surface area contributed by atoms with Crippen LogP contribution in [-0.2, 0) is 9.47 Å². The van der Waals surface area contributed by atoms with Gasteiger partial charge in [0, 0.05) is 19.6 Å². The number of nitrogens with zero attached hydrogens (tertiary/aromatic N) is 4. The third kappa shape index (κ3) is 3.20. The van der Waals surface area contributed by atoms with Gasteiger partial charge in [-0.3, -0.25) is 4.57 Å². The molecule has 0 saturated carbocycles. The molecular formula is C25H25N5O4. The Morgan fingerprint density at radius 1 is 1.03 bits per heavy atom. The maximum atomic E-state index is 10.4. The highest BCUT2D eigenvalue weighted by atomic mass is 16.6. The van der Waals surface area contributed by atoms with Gasteiger partial charge < -0.3 is 25.0 Å². The number of fused-ring (bicyclic) bond motifs is 4. The Bertz CT molecular complexity index is 1300. The van der Waals surface area contributed by atoms with Gasteiger partial charge in [-0.05, 0) is 22.3 Å². The quantitative estimate of drug-likeness (QED) is 0.403. The lowest BCUT2D eigenvalue weighted by molar-refractivity contribution is -0.0583. The molecule has 3 N–H and O–H groups in total. The Labute approximate surface area is 196 Å².